The molecule has 5 aliphatic carbocycles. The van der Waals surface area contributed by atoms with Crippen molar-refractivity contribution in [2.24, 2.45) is 56.2 Å². The predicted octanol–water partition coefficient (Wildman–Crippen LogP) is 3.61. The average molecular weight is 1080 g/mol. The first-order chi connectivity index (χ1) is 35.3. The van der Waals surface area contributed by atoms with Gasteiger partial charge in [0.2, 0.25) is 0 Å². The second-order valence-electron chi connectivity index (χ2n) is 25.9. The monoisotopic (exact) mass is 1080 g/mol. The number of hydrogen-bond acceptors (Lipinski definition) is 18. The third-order valence-corrected chi connectivity index (χ3v) is 20.6. The zero-order chi connectivity index (χ0) is 56.6. The van der Waals surface area contributed by atoms with Gasteiger partial charge in [0.05, 0.1) is 42.9 Å². The highest BCUT2D eigenvalue weighted by molar-refractivity contribution is 5.83. The molecule has 76 heavy (non-hydrogen) atoms. The number of carboxylic acids is 1. The van der Waals surface area contributed by atoms with E-state index >= 15 is 0 Å². The Hall–Kier alpha value is -2.89. The Morgan fingerprint density at radius 1 is 0.789 bits per heavy atom. The van der Waals surface area contributed by atoms with Crippen molar-refractivity contribution < 1.29 is 93.9 Å². The van der Waals surface area contributed by atoms with Crippen LogP contribution < -0.4 is 0 Å². The summed E-state index contributed by atoms with van der Waals surface area (Å²) >= 11 is 0. The molecule has 6 fully saturated rings. The van der Waals surface area contributed by atoms with Crippen LogP contribution in [0.3, 0.4) is 0 Å². The van der Waals surface area contributed by atoms with Gasteiger partial charge in [-0.05, 0) is 113 Å². The van der Waals surface area contributed by atoms with E-state index in [9.17, 15) is 65.4 Å². The molecule has 0 aromatic carbocycles. The van der Waals surface area contributed by atoms with Gasteiger partial charge >= 0.3 is 17.9 Å². The summed E-state index contributed by atoms with van der Waals surface area (Å²) in [6.07, 6.45) is -13.5. The van der Waals surface area contributed by atoms with Crippen molar-refractivity contribution in [2.45, 2.75) is 233 Å². The van der Waals surface area contributed by atoms with Crippen LogP contribution in [0.5, 0.6) is 0 Å². The average Bonchev–Trinajstić information content (AvgIpc) is 3.34. The highest BCUT2D eigenvalue weighted by Crippen LogP contribution is 2.76. The van der Waals surface area contributed by atoms with E-state index in [1.54, 1.807) is 6.92 Å². The zero-order valence-electron chi connectivity index (χ0n) is 46.6. The minimum absolute atomic E-state index is 0.0740. The topological polar surface area (TPSA) is 309 Å². The maximum Gasteiger partial charge on any atom is 0.335 e. The Balaban J connectivity index is 1.21. The number of ether oxygens (including phenoxy) is 6. The third kappa shape index (κ3) is 9.98. The van der Waals surface area contributed by atoms with E-state index in [1.165, 1.54) is 6.08 Å². The SMILES string of the molecule is CCC(C)C(=O)O[C@H]1[C@H](OC(=O)/C=C(\C)CCC=C(C)C)C(C)(C)C[C@H]2C3=CC[C@@H]4[C@@]5(C)CC[C@H](O[C@@H]6O[C@H](C(=O)O)[C@@H](O)[C@H](O)[C@H]6O[C@@H]6O[C@H](CO)[C@@H](O)[C@H](O)[C@H]6O)C(C)(C)[C@@H]5CC[C@@]4(C)[C@]3(C)[C@@H](O)[C@@H](O)[C@]21CO. The van der Waals surface area contributed by atoms with E-state index in [2.05, 4.69) is 39.8 Å². The van der Waals surface area contributed by atoms with Gasteiger partial charge in [-0.25, -0.2) is 9.59 Å². The minimum Gasteiger partial charge on any atom is -0.479 e. The summed E-state index contributed by atoms with van der Waals surface area (Å²) in [6, 6.07) is 0. The van der Waals surface area contributed by atoms with Gasteiger partial charge in [-0.3, -0.25) is 4.79 Å². The molecule has 19 heteroatoms. The summed E-state index contributed by atoms with van der Waals surface area (Å²) in [5, 5.41) is 112. The van der Waals surface area contributed by atoms with Crippen molar-refractivity contribution in [3.63, 3.8) is 0 Å². The summed E-state index contributed by atoms with van der Waals surface area (Å²) in [7, 11) is 0. The van der Waals surface area contributed by atoms with Crippen LogP contribution in [0.4, 0.5) is 0 Å². The highest BCUT2D eigenvalue weighted by Gasteiger charge is 2.76. The molecule has 0 bridgehead atoms. The molecule has 1 unspecified atom stereocenters. The number of hydrogen-bond donors (Lipinski definition) is 10. The second-order valence-corrected chi connectivity index (χ2v) is 25.9. The van der Waals surface area contributed by atoms with Gasteiger partial charge in [0, 0.05) is 16.9 Å². The van der Waals surface area contributed by atoms with Crippen molar-refractivity contribution in [1.29, 1.82) is 0 Å². The Labute approximate surface area is 447 Å². The van der Waals surface area contributed by atoms with Gasteiger partial charge in [0.25, 0.3) is 0 Å². The number of aliphatic carboxylic acids is 1. The molecule has 19 nitrogen and oxygen atoms in total. The molecule has 432 valence electrons. The number of allylic oxidation sites excluding steroid dienone is 4. The molecule has 2 aliphatic heterocycles. The fraction of sp³-hybridized carbons (Fsp3) is 0.842. The van der Waals surface area contributed by atoms with Gasteiger partial charge in [-0.15, -0.1) is 0 Å². The van der Waals surface area contributed by atoms with E-state index in [1.807, 2.05) is 48.5 Å². The summed E-state index contributed by atoms with van der Waals surface area (Å²) in [5.41, 5.74) is -2.59. The minimum atomic E-state index is -2.02. The number of carboxylic acid groups (broad SMARTS) is 1. The van der Waals surface area contributed by atoms with Crippen molar-refractivity contribution in [3.8, 4) is 0 Å². The van der Waals surface area contributed by atoms with E-state index in [4.69, 9.17) is 28.4 Å². The van der Waals surface area contributed by atoms with Gasteiger partial charge in [0.1, 0.15) is 48.8 Å². The van der Waals surface area contributed by atoms with Crippen LogP contribution in [0.25, 0.3) is 0 Å². The van der Waals surface area contributed by atoms with E-state index in [0.29, 0.717) is 51.4 Å². The molecule has 2 saturated heterocycles. The molecular formula is C57H90O19. The fourth-order valence-electron chi connectivity index (χ4n) is 15.7. The van der Waals surface area contributed by atoms with Gasteiger partial charge in [0.15, 0.2) is 24.8 Å². The number of rotatable bonds is 15. The van der Waals surface area contributed by atoms with Gasteiger partial charge in [-0.1, -0.05) is 91.2 Å². The van der Waals surface area contributed by atoms with Crippen LogP contribution in [0.2, 0.25) is 0 Å². The van der Waals surface area contributed by atoms with Crippen molar-refractivity contribution in [3.05, 3.63) is 34.9 Å². The second kappa shape index (κ2) is 22.2. The Bertz CT molecular complexity index is 2220. The largest absolute Gasteiger partial charge is 0.479 e. The van der Waals surface area contributed by atoms with Gasteiger partial charge < -0.3 is 79.5 Å². The van der Waals surface area contributed by atoms with Crippen LogP contribution in [-0.4, -0.2) is 174 Å². The highest BCUT2D eigenvalue weighted by atomic mass is 16.8. The van der Waals surface area contributed by atoms with Crippen LogP contribution in [0.1, 0.15) is 141 Å². The first-order valence-electron chi connectivity index (χ1n) is 27.6. The molecule has 10 N–H and O–H groups in total. The maximum absolute atomic E-state index is 14.0. The smallest absolute Gasteiger partial charge is 0.335 e. The summed E-state index contributed by atoms with van der Waals surface area (Å²) in [4.78, 5) is 40.2. The molecule has 4 saturated carbocycles. The van der Waals surface area contributed by atoms with E-state index < -0.39 is 167 Å². The summed E-state index contributed by atoms with van der Waals surface area (Å²) in [6.45, 7) is 22.5. The quantitative estimate of drug-likeness (QED) is 0.0485. The molecule has 0 amide bonds. The fourth-order valence-corrected chi connectivity index (χ4v) is 15.7. The Morgan fingerprint density at radius 3 is 2.07 bits per heavy atom. The number of aliphatic hydroxyl groups excluding tert-OH is 9. The number of fused-ring (bicyclic) bond motifs is 7. The molecule has 0 spiro atoms. The molecule has 0 aromatic rings. The van der Waals surface area contributed by atoms with Crippen LogP contribution in [0, 0.1) is 56.2 Å². The summed E-state index contributed by atoms with van der Waals surface area (Å²) < 4.78 is 36.9. The Kier molecular flexibility index (Phi) is 17.8. The number of carbonyl (C=O) groups excluding carboxylic acids is 2. The molecule has 2 heterocycles. The number of carbonyl (C=O) groups is 3. The van der Waals surface area contributed by atoms with Crippen LogP contribution >= 0.6 is 0 Å². The lowest BCUT2D eigenvalue weighted by atomic mass is 9.32. The third-order valence-electron chi connectivity index (χ3n) is 20.6. The van der Waals surface area contributed by atoms with Gasteiger partial charge in [-0.2, -0.15) is 0 Å². The molecule has 7 aliphatic rings. The molecule has 23 atom stereocenters. The molecule has 7 rings (SSSR count). The lowest BCUT2D eigenvalue weighted by Gasteiger charge is -2.73. The van der Waals surface area contributed by atoms with Crippen molar-refractivity contribution >= 4 is 17.9 Å². The molecular weight excluding hydrogens is 989 g/mol. The molecule has 0 radical (unpaired) electrons. The van der Waals surface area contributed by atoms with Crippen LogP contribution in [0.15, 0.2) is 34.9 Å². The Morgan fingerprint density at radius 2 is 1.46 bits per heavy atom. The predicted molar refractivity (Wildman–Crippen MR) is 273 cm³/mol. The lowest BCUT2D eigenvalue weighted by Crippen LogP contribution is -2.76. The van der Waals surface area contributed by atoms with E-state index in [-0.39, 0.29) is 11.8 Å². The first kappa shape index (κ1) is 60.7. The van der Waals surface area contributed by atoms with E-state index in [0.717, 1.165) is 23.1 Å². The normalized spacial score (nSPS) is 46.1. The van der Waals surface area contributed by atoms with Crippen LogP contribution in [-0.2, 0) is 42.8 Å². The van der Waals surface area contributed by atoms with Crippen molar-refractivity contribution in [2.75, 3.05) is 13.2 Å². The number of aliphatic hydroxyl groups is 9. The first-order valence-corrected chi connectivity index (χ1v) is 27.6. The number of esters is 2. The standard InChI is InChI=1S/C57H90O19/c1-13-29(5)49(70)76-47-46(73-36(60)23-28(4)16-14-15-27(2)3)52(6,7)24-31-30-17-18-34-54(10)21-20-35(53(8,9)33(54)19-22-55(34,11)56(30,12)44(66)45(67)57(31,47)26-59)72-51-43(40(64)39(63)42(74-51)48(68)69)75-50-41(65)38(62)37(61)32(25-58)71-50/h15,17,23,29,31-35,37-47,50-51,58-59,61-67H,13-14,16,18-22,24-26H2,1-12H3,(H,68,69)/b28-23+/t29?,31-,32+,33-,34+,35-,37+,38-,39-,40-,41+,42-,43+,44-,45+,46-,47-,50-,51+,54-,55+,56-,57-/m0/s1. The van der Waals surface area contributed by atoms with Crippen molar-refractivity contribution in [1.82, 2.24) is 0 Å². The maximum atomic E-state index is 14.0. The zero-order valence-corrected chi connectivity index (χ0v) is 46.6. The molecule has 0 aromatic heterocycles. The lowest BCUT2D eigenvalue weighted by molar-refractivity contribution is -0.374. The summed E-state index contributed by atoms with van der Waals surface area (Å²) in [5.74, 6) is -4.12.